The number of aromatic amines is 1. The fourth-order valence-corrected chi connectivity index (χ4v) is 4.29. The van der Waals surface area contributed by atoms with E-state index in [2.05, 4.69) is 68.1 Å². The number of fused-ring (bicyclic) bond motifs is 2. The summed E-state index contributed by atoms with van der Waals surface area (Å²) in [5, 5.41) is 9.45. The number of H-pyrrole nitrogens is 1. The molecule has 0 spiro atoms. The fourth-order valence-electron chi connectivity index (χ4n) is 4.29. The Morgan fingerprint density at radius 3 is 2.72 bits per heavy atom. The molecule has 0 aliphatic heterocycles. The van der Waals surface area contributed by atoms with Gasteiger partial charge in [-0.1, -0.05) is 61.7 Å². The highest BCUT2D eigenvalue weighted by atomic mass is 15.2. The van der Waals surface area contributed by atoms with E-state index in [-0.39, 0.29) is 0 Å². The normalized spacial score (nSPS) is 15.0. The molecule has 1 fully saturated rings. The van der Waals surface area contributed by atoms with Gasteiger partial charge in [-0.2, -0.15) is 9.97 Å². The zero-order valence-electron chi connectivity index (χ0n) is 16.5. The van der Waals surface area contributed by atoms with Crippen LogP contribution in [0.2, 0.25) is 0 Å². The van der Waals surface area contributed by atoms with Crippen LogP contribution in [-0.2, 0) is 6.54 Å². The first kappa shape index (κ1) is 17.9. The van der Waals surface area contributed by atoms with Crippen LogP contribution in [0.5, 0.6) is 0 Å². The van der Waals surface area contributed by atoms with Crippen molar-refractivity contribution in [1.82, 2.24) is 19.9 Å². The Balaban J connectivity index is 1.36. The average Bonchev–Trinajstić information content (AvgIpc) is 3.25. The van der Waals surface area contributed by atoms with E-state index in [1.807, 2.05) is 0 Å². The number of hydrogen-bond acceptors (Lipinski definition) is 5. The topological polar surface area (TPSA) is 78.5 Å². The minimum Gasteiger partial charge on any atom is -0.364 e. The van der Waals surface area contributed by atoms with Gasteiger partial charge in [-0.05, 0) is 35.1 Å². The molecule has 29 heavy (non-hydrogen) atoms. The summed E-state index contributed by atoms with van der Waals surface area (Å²) < 4.78 is 0. The van der Waals surface area contributed by atoms with Gasteiger partial charge in [-0.3, -0.25) is 0 Å². The van der Waals surface area contributed by atoms with Gasteiger partial charge in [-0.15, -0.1) is 0 Å². The second-order valence-electron chi connectivity index (χ2n) is 7.87. The van der Waals surface area contributed by atoms with Gasteiger partial charge in [0.2, 0.25) is 5.95 Å². The van der Waals surface area contributed by atoms with Gasteiger partial charge in [0.25, 0.3) is 0 Å². The lowest BCUT2D eigenvalue weighted by atomic mass is 9.89. The molecule has 1 saturated carbocycles. The standard InChI is InChI=1S/C23H26N6/c1-2-7-16(8-3-1)13-25-23-28-21(20-22(29-23)27-15-26-20)24-14-18-11-6-10-17-9-4-5-12-19(17)18/h4-6,9-12,15-16H,1-3,7-8,13-14H2,(H3,24,25,26,27,28,29). The Labute approximate surface area is 170 Å². The molecule has 5 rings (SSSR count). The van der Waals surface area contributed by atoms with Crippen molar-refractivity contribution in [2.24, 2.45) is 5.92 Å². The number of imidazole rings is 1. The van der Waals surface area contributed by atoms with Crippen LogP contribution in [0.3, 0.4) is 0 Å². The number of benzene rings is 2. The molecule has 2 aromatic heterocycles. The van der Waals surface area contributed by atoms with Crippen molar-refractivity contribution in [3.05, 3.63) is 54.4 Å². The van der Waals surface area contributed by atoms with Crippen LogP contribution in [0, 0.1) is 5.92 Å². The molecule has 6 heteroatoms. The summed E-state index contributed by atoms with van der Waals surface area (Å²) in [4.78, 5) is 16.8. The van der Waals surface area contributed by atoms with Gasteiger partial charge in [0.15, 0.2) is 11.5 Å². The molecule has 2 heterocycles. The highest BCUT2D eigenvalue weighted by Gasteiger charge is 2.15. The van der Waals surface area contributed by atoms with Crippen molar-refractivity contribution in [1.29, 1.82) is 0 Å². The van der Waals surface area contributed by atoms with Crippen molar-refractivity contribution in [2.75, 3.05) is 17.2 Å². The third-order valence-corrected chi connectivity index (χ3v) is 5.89. The Bertz CT molecular complexity index is 1110. The number of rotatable bonds is 6. The number of nitrogens with one attached hydrogen (secondary N) is 3. The Morgan fingerprint density at radius 2 is 1.79 bits per heavy atom. The third-order valence-electron chi connectivity index (χ3n) is 5.89. The molecular formula is C23H26N6. The van der Waals surface area contributed by atoms with Gasteiger partial charge in [-0.25, -0.2) is 4.98 Å². The van der Waals surface area contributed by atoms with E-state index in [1.54, 1.807) is 6.33 Å². The SMILES string of the molecule is c1ccc2c(CNc3nc(NCC4CCCCC4)nc4nc[nH]c34)cccc2c1. The van der Waals surface area contributed by atoms with Crippen molar-refractivity contribution < 1.29 is 0 Å². The predicted octanol–water partition coefficient (Wildman–Crippen LogP) is 5.11. The third kappa shape index (κ3) is 3.88. The van der Waals surface area contributed by atoms with Crippen molar-refractivity contribution in [3.8, 4) is 0 Å². The van der Waals surface area contributed by atoms with Crippen LogP contribution in [-0.4, -0.2) is 26.5 Å². The summed E-state index contributed by atoms with van der Waals surface area (Å²) in [6.45, 7) is 1.62. The van der Waals surface area contributed by atoms with Crippen LogP contribution < -0.4 is 10.6 Å². The maximum absolute atomic E-state index is 4.75. The summed E-state index contributed by atoms with van der Waals surface area (Å²) in [7, 11) is 0. The fraction of sp³-hybridized carbons (Fsp3) is 0.348. The highest BCUT2D eigenvalue weighted by Crippen LogP contribution is 2.25. The van der Waals surface area contributed by atoms with E-state index < -0.39 is 0 Å². The van der Waals surface area contributed by atoms with Crippen LogP contribution in [0.1, 0.15) is 37.7 Å². The molecule has 4 aromatic rings. The van der Waals surface area contributed by atoms with Crippen LogP contribution in [0.4, 0.5) is 11.8 Å². The summed E-state index contributed by atoms with van der Waals surface area (Å²) in [6, 6.07) is 14.9. The van der Waals surface area contributed by atoms with E-state index in [4.69, 9.17) is 4.98 Å². The smallest absolute Gasteiger partial charge is 0.226 e. The minimum atomic E-state index is 0.649. The zero-order chi connectivity index (χ0) is 19.5. The summed E-state index contributed by atoms with van der Waals surface area (Å²) >= 11 is 0. The molecule has 0 unspecified atom stereocenters. The first-order valence-electron chi connectivity index (χ1n) is 10.5. The molecule has 0 bridgehead atoms. The Morgan fingerprint density at radius 1 is 0.931 bits per heavy atom. The molecule has 0 radical (unpaired) electrons. The Hall–Kier alpha value is -3.15. The number of anilines is 2. The molecule has 2 aromatic carbocycles. The second kappa shape index (κ2) is 8.07. The van der Waals surface area contributed by atoms with Gasteiger partial charge < -0.3 is 15.6 Å². The van der Waals surface area contributed by atoms with E-state index in [1.165, 1.54) is 48.4 Å². The number of nitrogens with zero attached hydrogens (tertiary/aromatic N) is 3. The molecule has 0 atom stereocenters. The lowest BCUT2D eigenvalue weighted by Crippen LogP contribution is -2.18. The van der Waals surface area contributed by atoms with Crippen LogP contribution in [0.25, 0.3) is 21.9 Å². The van der Waals surface area contributed by atoms with Crippen LogP contribution >= 0.6 is 0 Å². The first-order chi connectivity index (χ1) is 14.4. The van der Waals surface area contributed by atoms with Crippen molar-refractivity contribution in [3.63, 3.8) is 0 Å². The van der Waals surface area contributed by atoms with Gasteiger partial charge in [0, 0.05) is 13.1 Å². The summed E-state index contributed by atoms with van der Waals surface area (Å²) in [5.74, 6) is 2.15. The average molecular weight is 387 g/mol. The zero-order valence-corrected chi connectivity index (χ0v) is 16.5. The summed E-state index contributed by atoms with van der Waals surface area (Å²) in [6.07, 6.45) is 8.31. The molecule has 0 saturated heterocycles. The summed E-state index contributed by atoms with van der Waals surface area (Å²) in [5.41, 5.74) is 2.77. The van der Waals surface area contributed by atoms with Crippen LogP contribution in [0.15, 0.2) is 48.8 Å². The van der Waals surface area contributed by atoms with Crippen molar-refractivity contribution >= 4 is 33.7 Å². The quantitative estimate of drug-likeness (QED) is 0.429. The predicted molar refractivity (Wildman–Crippen MR) is 118 cm³/mol. The minimum absolute atomic E-state index is 0.649. The lowest BCUT2D eigenvalue weighted by molar-refractivity contribution is 0.373. The molecule has 1 aliphatic rings. The largest absolute Gasteiger partial charge is 0.364 e. The molecule has 148 valence electrons. The monoisotopic (exact) mass is 386 g/mol. The molecule has 0 amide bonds. The van der Waals surface area contributed by atoms with E-state index in [9.17, 15) is 0 Å². The molecule has 1 aliphatic carbocycles. The first-order valence-corrected chi connectivity index (χ1v) is 10.5. The van der Waals surface area contributed by atoms with Gasteiger partial charge >= 0.3 is 0 Å². The number of aromatic nitrogens is 4. The lowest BCUT2D eigenvalue weighted by Gasteiger charge is -2.21. The maximum Gasteiger partial charge on any atom is 0.226 e. The van der Waals surface area contributed by atoms with E-state index in [0.717, 1.165) is 17.9 Å². The molecule has 3 N–H and O–H groups in total. The second-order valence-corrected chi connectivity index (χ2v) is 7.87. The Kier molecular flexibility index (Phi) is 4.99. The maximum atomic E-state index is 4.75. The van der Waals surface area contributed by atoms with Gasteiger partial charge in [0.05, 0.1) is 6.33 Å². The van der Waals surface area contributed by atoms with E-state index >= 15 is 0 Å². The highest BCUT2D eigenvalue weighted by molar-refractivity contribution is 5.87. The molecular weight excluding hydrogens is 360 g/mol. The molecule has 6 nitrogen and oxygen atoms in total. The number of hydrogen-bond donors (Lipinski definition) is 3. The van der Waals surface area contributed by atoms with E-state index in [0.29, 0.717) is 24.1 Å². The van der Waals surface area contributed by atoms with Gasteiger partial charge in [0.1, 0.15) is 5.52 Å². The van der Waals surface area contributed by atoms with Crippen molar-refractivity contribution in [2.45, 2.75) is 38.6 Å².